The summed E-state index contributed by atoms with van der Waals surface area (Å²) in [4.78, 5) is 14.0. The van der Waals surface area contributed by atoms with E-state index in [2.05, 4.69) is 4.98 Å². The molecule has 158 valence electrons. The topological polar surface area (TPSA) is 66.4 Å². The zero-order valence-corrected chi connectivity index (χ0v) is 19.2. The van der Waals surface area contributed by atoms with E-state index in [4.69, 9.17) is 47.4 Å². The zero-order valence-electron chi connectivity index (χ0n) is 16.9. The molecule has 1 aliphatic rings. The Hall–Kier alpha value is -1.80. The summed E-state index contributed by atoms with van der Waals surface area (Å²) < 4.78 is 16.7. The van der Waals surface area contributed by atoms with E-state index in [0.717, 1.165) is 36.0 Å². The summed E-state index contributed by atoms with van der Waals surface area (Å²) in [5, 5.41) is 2.31. The summed E-state index contributed by atoms with van der Waals surface area (Å²) in [7, 11) is 3.10. The van der Waals surface area contributed by atoms with Crippen molar-refractivity contribution in [3.63, 3.8) is 0 Å². The second-order valence-electron chi connectivity index (χ2n) is 6.87. The summed E-state index contributed by atoms with van der Waals surface area (Å²) in [6, 6.07) is 3.56. The number of nitrogens with zero attached hydrogens (tertiary/aromatic N) is 3. The Kier molecular flexibility index (Phi) is 6.53. The van der Waals surface area contributed by atoms with Crippen molar-refractivity contribution in [2.24, 2.45) is 0 Å². The first-order chi connectivity index (χ1) is 14.5. The van der Waals surface area contributed by atoms with Gasteiger partial charge in [-0.3, -0.25) is 4.98 Å². The standard InChI is InChI=1S/C21H21Cl2N3O3S/c1-27-15-9-16(28-2)19(23)17(18(15)22)13-7-11-10-24-21(30-3)26-20(11)14(25-13)8-12-5-4-6-29-12/h7,9-10,12H,4-6,8H2,1-3H3. The monoisotopic (exact) mass is 465 g/mol. The van der Waals surface area contributed by atoms with Crippen LogP contribution >= 0.6 is 35.0 Å². The molecule has 0 spiro atoms. The van der Waals surface area contributed by atoms with E-state index in [1.807, 2.05) is 12.3 Å². The molecule has 0 saturated carbocycles. The fourth-order valence-electron chi connectivity index (χ4n) is 3.59. The molecular weight excluding hydrogens is 445 g/mol. The van der Waals surface area contributed by atoms with Crippen LogP contribution in [0.5, 0.6) is 11.5 Å². The van der Waals surface area contributed by atoms with Gasteiger partial charge < -0.3 is 14.2 Å². The molecule has 0 radical (unpaired) electrons. The molecule has 1 saturated heterocycles. The number of thioether (sulfide) groups is 1. The molecule has 1 aromatic carbocycles. The highest BCUT2D eigenvalue weighted by Crippen LogP contribution is 2.46. The maximum atomic E-state index is 6.63. The van der Waals surface area contributed by atoms with Crippen LogP contribution in [0, 0.1) is 0 Å². The molecule has 0 aliphatic carbocycles. The predicted molar refractivity (Wildman–Crippen MR) is 120 cm³/mol. The minimum Gasteiger partial charge on any atom is -0.495 e. The Morgan fingerprint density at radius 3 is 2.47 bits per heavy atom. The molecule has 6 nitrogen and oxygen atoms in total. The van der Waals surface area contributed by atoms with Crippen molar-refractivity contribution in [3.05, 3.63) is 34.1 Å². The van der Waals surface area contributed by atoms with Crippen LogP contribution in [0.1, 0.15) is 18.5 Å². The smallest absolute Gasteiger partial charge is 0.187 e. The lowest BCUT2D eigenvalue weighted by molar-refractivity contribution is 0.111. The first-order valence-electron chi connectivity index (χ1n) is 9.48. The van der Waals surface area contributed by atoms with Gasteiger partial charge in [-0.2, -0.15) is 0 Å². The van der Waals surface area contributed by atoms with E-state index in [1.165, 1.54) is 11.8 Å². The molecule has 0 N–H and O–H groups in total. The number of hydrogen-bond acceptors (Lipinski definition) is 7. The summed E-state index contributed by atoms with van der Waals surface area (Å²) in [6.45, 7) is 0.776. The molecular formula is C21H21Cl2N3O3S. The average molecular weight is 466 g/mol. The third-order valence-corrected chi connectivity index (χ3v) is 6.39. The molecule has 1 atom stereocenters. The average Bonchev–Trinajstić information content (AvgIpc) is 3.27. The van der Waals surface area contributed by atoms with Crippen molar-refractivity contribution in [1.29, 1.82) is 0 Å². The third-order valence-electron chi connectivity index (χ3n) is 5.07. The minimum absolute atomic E-state index is 0.120. The van der Waals surface area contributed by atoms with Crippen LogP contribution in [0.25, 0.3) is 22.2 Å². The fraction of sp³-hybridized carbons (Fsp3) is 0.381. The lowest BCUT2D eigenvalue weighted by Crippen LogP contribution is -2.12. The van der Waals surface area contributed by atoms with Gasteiger partial charge >= 0.3 is 0 Å². The van der Waals surface area contributed by atoms with Gasteiger partial charge in [-0.15, -0.1) is 0 Å². The summed E-state index contributed by atoms with van der Waals surface area (Å²) >= 11 is 14.8. The van der Waals surface area contributed by atoms with Gasteiger partial charge in [0.2, 0.25) is 0 Å². The number of rotatable bonds is 6. The number of ether oxygens (including phenoxy) is 3. The van der Waals surface area contributed by atoms with Gasteiger partial charge in [-0.1, -0.05) is 35.0 Å². The van der Waals surface area contributed by atoms with E-state index >= 15 is 0 Å². The van der Waals surface area contributed by atoms with E-state index in [0.29, 0.717) is 44.4 Å². The van der Waals surface area contributed by atoms with Crippen molar-refractivity contribution in [1.82, 2.24) is 15.0 Å². The van der Waals surface area contributed by atoms with E-state index in [-0.39, 0.29) is 6.10 Å². The number of halogens is 2. The van der Waals surface area contributed by atoms with Gasteiger partial charge in [-0.25, -0.2) is 9.97 Å². The van der Waals surface area contributed by atoms with Gasteiger partial charge in [-0.05, 0) is 25.2 Å². The first kappa shape index (κ1) is 21.4. The van der Waals surface area contributed by atoms with Crippen LogP contribution in [-0.4, -0.2) is 48.1 Å². The summed E-state index contributed by atoms with van der Waals surface area (Å²) in [5.74, 6) is 0.925. The number of benzene rings is 1. The van der Waals surface area contributed by atoms with E-state index < -0.39 is 0 Å². The Labute approximate surface area is 189 Å². The maximum absolute atomic E-state index is 6.63. The lowest BCUT2D eigenvalue weighted by atomic mass is 10.0. The first-order valence-corrected chi connectivity index (χ1v) is 11.5. The number of fused-ring (bicyclic) bond motifs is 1. The molecule has 4 rings (SSSR count). The second kappa shape index (κ2) is 9.14. The Morgan fingerprint density at radius 1 is 1.13 bits per heavy atom. The number of pyridine rings is 1. The van der Waals surface area contributed by atoms with Crippen molar-refractivity contribution in [2.75, 3.05) is 27.1 Å². The normalized spacial score (nSPS) is 16.2. The van der Waals surface area contributed by atoms with Crippen LogP contribution in [0.2, 0.25) is 10.0 Å². The van der Waals surface area contributed by atoms with Gasteiger partial charge in [0, 0.05) is 36.2 Å². The highest BCUT2D eigenvalue weighted by atomic mass is 35.5. The quantitative estimate of drug-likeness (QED) is 0.353. The van der Waals surface area contributed by atoms with Crippen LogP contribution in [0.4, 0.5) is 0 Å². The second-order valence-corrected chi connectivity index (χ2v) is 8.40. The Bertz CT molecular complexity index is 1060. The molecule has 0 bridgehead atoms. The zero-order chi connectivity index (χ0) is 21.3. The van der Waals surface area contributed by atoms with Crippen LogP contribution in [0.3, 0.4) is 0 Å². The molecule has 0 amide bonds. The highest BCUT2D eigenvalue weighted by Gasteiger charge is 2.23. The fourth-order valence-corrected chi connectivity index (χ4v) is 4.62. The Balaban J connectivity index is 1.94. The molecule has 1 aliphatic heterocycles. The Morgan fingerprint density at radius 2 is 1.87 bits per heavy atom. The van der Waals surface area contributed by atoms with Crippen LogP contribution < -0.4 is 9.47 Å². The van der Waals surface area contributed by atoms with Crippen molar-refractivity contribution in [3.8, 4) is 22.8 Å². The minimum atomic E-state index is 0.120. The van der Waals surface area contributed by atoms with E-state index in [1.54, 1.807) is 26.5 Å². The van der Waals surface area contributed by atoms with E-state index in [9.17, 15) is 0 Å². The lowest BCUT2D eigenvalue weighted by Gasteiger charge is -2.17. The van der Waals surface area contributed by atoms with Crippen LogP contribution in [-0.2, 0) is 11.2 Å². The summed E-state index contributed by atoms with van der Waals surface area (Å²) in [6.07, 6.45) is 6.59. The highest BCUT2D eigenvalue weighted by molar-refractivity contribution is 7.98. The van der Waals surface area contributed by atoms with Crippen molar-refractivity contribution < 1.29 is 14.2 Å². The SMILES string of the molecule is COc1cc(OC)c(Cl)c(-c2cc3cnc(SC)nc3c(CC3CCCO3)n2)c1Cl. The molecule has 3 aromatic rings. The molecule has 1 fully saturated rings. The summed E-state index contributed by atoms with van der Waals surface area (Å²) in [5.41, 5.74) is 2.82. The van der Waals surface area contributed by atoms with Gasteiger partial charge in [0.15, 0.2) is 5.16 Å². The third kappa shape index (κ3) is 4.04. The van der Waals surface area contributed by atoms with Gasteiger partial charge in [0.1, 0.15) is 11.5 Å². The molecule has 1 unspecified atom stereocenters. The maximum Gasteiger partial charge on any atom is 0.187 e. The molecule has 3 heterocycles. The molecule has 30 heavy (non-hydrogen) atoms. The van der Waals surface area contributed by atoms with Crippen molar-refractivity contribution in [2.45, 2.75) is 30.5 Å². The van der Waals surface area contributed by atoms with Gasteiger partial charge in [0.25, 0.3) is 0 Å². The predicted octanol–water partition coefficient (Wildman–Crippen LogP) is 5.46. The van der Waals surface area contributed by atoms with Gasteiger partial charge in [0.05, 0.1) is 47.3 Å². The number of aromatic nitrogens is 3. The number of hydrogen-bond donors (Lipinski definition) is 0. The van der Waals surface area contributed by atoms with Crippen LogP contribution in [0.15, 0.2) is 23.5 Å². The molecule has 9 heteroatoms. The molecule has 2 aromatic heterocycles. The largest absolute Gasteiger partial charge is 0.495 e. The number of methoxy groups -OCH3 is 2. The van der Waals surface area contributed by atoms with Crippen molar-refractivity contribution >= 4 is 45.9 Å².